The van der Waals surface area contributed by atoms with Crippen LogP contribution >= 0.6 is 23.2 Å². The predicted octanol–water partition coefficient (Wildman–Crippen LogP) is 4.59. The summed E-state index contributed by atoms with van der Waals surface area (Å²) in [7, 11) is 0. The van der Waals surface area contributed by atoms with Crippen LogP contribution < -0.4 is 5.73 Å². The molecule has 17 heavy (non-hydrogen) atoms. The molecule has 1 nitrogen and oxygen atoms in total. The van der Waals surface area contributed by atoms with Crippen LogP contribution in [0.3, 0.4) is 0 Å². The van der Waals surface area contributed by atoms with Crippen LogP contribution in [-0.2, 0) is 6.42 Å². The molecule has 0 saturated heterocycles. The van der Waals surface area contributed by atoms with Crippen molar-refractivity contribution in [3.63, 3.8) is 0 Å². The van der Waals surface area contributed by atoms with Gasteiger partial charge in [0.1, 0.15) is 0 Å². The minimum Gasteiger partial charge on any atom is -0.325 e. The Bertz CT molecular complexity index is 382. The smallest absolute Gasteiger partial charge is 0.0595 e. The largest absolute Gasteiger partial charge is 0.325 e. The lowest BCUT2D eigenvalue weighted by Crippen LogP contribution is -2.41. The van der Waals surface area contributed by atoms with E-state index < -0.39 is 0 Å². The fourth-order valence-electron chi connectivity index (χ4n) is 2.67. The summed E-state index contributed by atoms with van der Waals surface area (Å²) < 4.78 is 0. The lowest BCUT2D eigenvalue weighted by molar-refractivity contribution is 0.369. The molecule has 2 rings (SSSR count). The minimum atomic E-state index is -0.0480. The lowest BCUT2D eigenvalue weighted by Gasteiger charge is -2.28. The summed E-state index contributed by atoms with van der Waals surface area (Å²) in [6.45, 7) is 0. The van der Waals surface area contributed by atoms with E-state index in [0.717, 1.165) is 19.3 Å². The van der Waals surface area contributed by atoms with E-state index in [1.54, 1.807) is 0 Å². The van der Waals surface area contributed by atoms with Crippen molar-refractivity contribution >= 4 is 23.2 Å². The van der Waals surface area contributed by atoms with Gasteiger partial charge in [-0.1, -0.05) is 55.0 Å². The van der Waals surface area contributed by atoms with Gasteiger partial charge in [0, 0.05) is 5.54 Å². The molecule has 0 bridgehead atoms. The molecule has 1 fully saturated rings. The summed E-state index contributed by atoms with van der Waals surface area (Å²) >= 11 is 12.0. The lowest BCUT2D eigenvalue weighted by atomic mass is 9.85. The Balaban J connectivity index is 2.10. The monoisotopic (exact) mass is 271 g/mol. The Morgan fingerprint density at radius 1 is 1.00 bits per heavy atom. The summed E-state index contributed by atoms with van der Waals surface area (Å²) in [6.07, 6.45) is 8.28. The zero-order valence-electron chi connectivity index (χ0n) is 10.0. The molecule has 1 aliphatic rings. The van der Waals surface area contributed by atoms with E-state index in [1.807, 2.05) is 18.2 Å². The number of hydrogen-bond donors (Lipinski definition) is 1. The highest BCUT2D eigenvalue weighted by atomic mass is 35.5. The van der Waals surface area contributed by atoms with Gasteiger partial charge in [-0.15, -0.1) is 0 Å². The predicted molar refractivity (Wildman–Crippen MR) is 74.8 cm³/mol. The fourth-order valence-corrected chi connectivity index (χ4v) is 2.99. The van der Waals surface area contributed by atoms with Gasteiger partial charge in [-0.2, -0.15) is 0 Å². The summed E-state index contributed by atoms with van der Waals surface area (Å²) in [4.78, 5) is 0. The SMILES string of the molecule is NC1(Cc2ccc(Cl)c(Cl)c2)CCCCCC1. The molecule has 1 aliphatic carbocycles. The highest BCUT2D eigenvalue weighted by molar-refractivity contribution is 6.42. The quantitative estimate of drug-likeness (QED) is 0.783. The van der Waals surface area contributed by atoms with Crippen LogP contribution in [0, 0.1) is 0 Å². The second kappa shape index (κ2) is 5.60. The van der Waals surface area contributed by atoms with E-state index in [0.29, 0.717) is 10.0 Å². The van der Waals surface area contributed by atoms with Crippen molar-refractivity contribution in [1.29, 1.82) is 0 Å². The molecule has 0 unspecified atom stereocenters. The van der Waals surface area contributed by atoms with Crippen molar-refractivity contribution in [3.8, 4) is 0 Å². The number of nitrogens with two attached hydrogens (primary N) is 1. The van der Waals surface area contributed by atoms with Crippen LogP contribution in [-0.4, -0.2) is 5.54 Å². The molecular formula is C14H19Cl2N. The third kappa shape index (κ3) is 3.61. The first kappa shape index (κ1) is 13.2. The van der Waals surface area contributed by atoms with Crippen molar-refractivity contribution in [3.05, 3.63) is 33.8 Å². The molecule has 1 saturated carbocycles. The molecule has 0 heterocycles. The Kier molecular flexibility index (Phi) is 4.35. The van der Waals surface area contributed by atoms with E-state index >= 15 is 0 Å². The molecule has 0 radical (unpaired) electrons. The molecule has 1 aromatic carbocycles. The molecule has 0 atom stereocenters. The normalized spacial score (nSPS) is 19.9. The van der Waals surface area contributed by atoms with Crippen molar-refractivity contribution in [2.75, 3.05) is 0 Å². The number of benzene rings is 1. The maximum Gasteiger partial charge on any atom is 0.0595 e. The first-order valence-corrected chi connectivity index (χ1v) is 7.07. The van der Waals surface area contributed by atoms with Crippen LogP contribution in [0.1, 0.15) is 44.1 Å². The van der Waals surface area contributed by atoms with Gasteiger partial charge in [0.15, 0.2) is 0 Å². The van der Waals surface area contributed by atoms with E-state index in [-0.39, 0.29) is 5.54 Å². The fraction of sp³-hybridized carbons (Fsp3) is 0.571. The minimum absolute atomic E-state index is 0.0480. The number of halogens is 2. The van der Waals surface area contributed by atoms with E-state index in [4.69, 9.17) is 28.9 Å². The average Bonchev–Trinajstić information content (AvgIpc) is 2.49. The zero-order valence-corrected chi connectivity index (χ0v) is 11.5. The van der Waals surface area contributed by atoms with E-state index in [2.05, 4.69) is 0 Å². The molecule has 1 aromatic rings. The van der Waals surface area contributed by atoms with E-state index in [9.17, 15) is 0 Å². The first-order valence-electron chi connectivity index (χ1n) is 6.32. The summed E-state index contributed by atoms with van der Waals surface area (Å²) in [5, 5.41) is 1.24. The van der Waals surface area contributed by atoms with Gasteiger partial charge in [0.25, 0.3) is 0 Å². The van der Waals surface area contributed by atoms with Crippen molar-refractivity contribution in [1.82, 2.24) is 0 Å². The van der Waals surface area contributed by atoms with Crippen LogP contribution in [0.15, 0.2) is 18.2 Å². The van der Waals surface area contributed by atoms with Crippen molar-refractivity contribution in [2.24, 2.45) is 5.73 Å². The summed E-state index contributed by atoms with van der Waals surface area (Å²) in [5.74, 6) is 0. The second-order valence-corrected chi connectivity index (χ2v) is 6.02. The first-order chi connectivity index (χ1) is 8.09. The maximum atomic E-state index is 6.50. The Hall–Kier alpha value is -0.240. The zero-order chi connectivity index (χ0) is 12.3. The highest BCUT2D eigenvalue weighted by Gasteiger charge is 2.26. The van der Waals surface area contributed by atoms with Gasteiger partial charge in [0.05, 0.1) is 10.0 Å². The number of hydrogen-bond acceptors (Lipinski definition) is 1. The van der Waals surface area contributed by atoms with Gasteiger partial charge in [-0.25, -0.2) is 0 Å². The van der Waals surface area contributed by atoms with Gasteiger partial charge in [-0.05, 0) is 37.0 Å². The van der Waals surface area contributed by atoms with E-state index in [1.165, 1.54) is 31.2 Å². The molecule has 0 spiro atoms. The van der Waals surface area contributed by atoms with Gasteiger partial charge >= 0.3 is 0 Å². The molecule has 0 aromatic heterocycles. The molecule has 2 N–H and O–H groups in total. The van der Waals surface area contributed by atoms with Crippen molar-refractivity contribution in [2.45, 2.75) is 50.5 Å². The Morgan fingerprint density at radius 2 is 1.65 bits per heavy atom. The Labute approximate surface area is 113 Å². The molecular weight excluding hydrogens is 253 g/mol. The van der Waals surface area contributed by atoms with Gasteiger partial charge < -0.3 is 5.73 Å². The summed E-state index contributed by atoms with van der Waals surface area (Å²) in [5.41, 5.74) is 7.65. The average molecular weight is 272 g/mol. The molecule has 94 valence electrons. The standard InChI is InChI=1S/C14H19Cl2N/c15-12-6-5-11(9-13(12)16)10-14(17)7-3-1-2-4-8-14/h5-6,9H,1-4,7-8,10,17H2. The van der Waals surface area contributed by atoms with Crippen LogP contribution in [0.4, 0.5) is 0 Å². The summed E-state index contributed by atoms with van der Waals surface area (Å²) in [6, 6.07) is 5.84. The molecule has 3 heteroatoms. The third-order valence-corrected chi connectivity index (χ3v) is 4.38. The second-order valence-electron chi connectivity index (χ2n) is 5.20. The maximum absolute atomic E-state index is 6.50. The van der Waals surface area contributed by atoms with Crippen LogP contribution in [0.5, 0.6) is 0 Å². The van der Waals surface area contributed by atoms with Gasteiger partial charge in [-0.3, -0.25) is 0 Å². The van der Waals surface area contributed by atoms with Crippen LogP contribution in [0.2, 0.25) is 10.0 Å². The molecule has 0 amide bonds. The Morgan fingerprint density at radius 3 is 2.24 bits per heavy atom. The van der Waals surface area contributed by atoms with Crippen molar-refractivity contribution < 1.29 is 0 Å². The topological polar surface area (TPSA) is 26.0 Å². The number of rotatable bonds is 2. The van der Waals surface area contributed by atoms with Crippen LogP contribution in [0.25, 0.3) is 0 Å². The van der Waals surface area contributed by atoms with Gasteiger partial charge in [0.2, 0.25) is 0 Å². The highest BCUT2D eigenvalue weighted by Crippen LogP contribution is 2.30. The molecule has 0 aliphatic heterocycles. The third-order valence-electron chi connectivity index (χ3n) is 3.64.